The van der Waals surface area contributed by atoms with Gasteiger partial charge in [0.05, 0.1) is 16.8 Å². The Morgan fingerprint density at radius 2 is 1.74 bits per heavy atom. The standard InChI is InChI=1S/C15H12N4O3S/c1-11-2-8-14(9-3-11)23(22)15-10-18(17-16-15)12-4-6-13(7-5-12)19(20)21/h2-10H,1H3. The van der Waals surface area contributed by atoms with Crippen molar-refractivity contribution in [2.75, 3.05) is 0 Å². The highest BCUT2D eigenvalue weighted by molar-refractivity contribution is 7.85. The maximum atomic E-state index is 12.5. The third-order valence-corrected chi connectivity index (χ3v) is 4.49. The first-order chi connectivity index (χ1) is 11.0. The highest BCUT2D eigenvalue weighted by Crippen LogP contribution is 2.18. The molecule has 0 radical (unpaired) electrons. The van der Waals surface area contributed by atoms with Crippen molar-refractivity contribution in [2.45, 2.75) is 16.8 Å². The van der Waals surface area contributed by atoms with Crippen LogP contribution in [0.25, 0.3) is 5.69 Å². The molecule has 0 amide bonds. The minimum absolute atomic E-state index is 0.00248. The Bertz CT molecular complexity index is 872. The Morgan fingerprint density at radius 1 is 1.09 bits per heavy atom. The summed E-state index contributed by atoms with van der Waals surface area (Å²) in [7, 11) is -1.42. The van der Waals surface area contributed by atoms with Gasteiger partial charge in [0.15, 0.2) is 5.03 Å². The Morgan fingerprint density at radius 3 is 2.35 bits per heavy atom. The van der Waals surface area contributed by atoms with Crippen molar-refractivity contribution in [3.05, 3.63) is 70.4 Å². The van der Waals surface area contributed by atoms with Crippen LogP contribution in [0.1, 0.15) is 5.56 Å². The summed E-state index contributed by atoms with van der Waals surface area (Å²) in [6.45, 7) is 1.96. The van der Waals surface area contributed by atoms with Crippen molar-refractivity contribution >= 4 is 16.5 Å². The molecule has 3 aromatic rings. The third kappa shape index (κ3) is 3.16. The summed E-state index contributed by atoms with van der Waals surface area (Å²) in [4.78, 5) is 10.8. The molecule has 0 bridgehead atoms. The van der Waals surface area contributed by atoms with Gasteiger partial charge < -0.3 is 0 Å². The highest BCUT2D eigenvalue weighted by atomic mass is 32.2. The van der Waals surface area contributed by atoms with E-state index in [2.05, 4.69) is 10.3 Å². The molecule has 0 aliphatic rings. The summed E-state index contributed by atoms with van der Waals surface area (Å²) in [5.41, 5.74) is 1.69. The molecule has 0 fully saturated rings. The topological polar surface area (TPSA) is 90.9 Å². The van der Waals surface area contributed by atoms with Gasteiger partial charge in [-0.15, -0.1) is 5.10 Å². The van der Waals surface area contributed by atoms with Gasteiger partial charge in [0.2, 0.25) is 0 Å². The molecule has 1 unspecified atom stereocenters. The van der Waals surface area contributed by atoms with Crippen LogP contribution in [0, 0.1) is 17.0 Å². The van der Waals surface area contributed by atoms with Crippen molar-refractivity contribution in [1.29, 1.82) is 0 Å². The average molecular weight is 328 g/mol. The van der Waals surface area contributed by atoms with E-state index in [-0.39, 0.29) is 5.69 Å². The molecule has 0 N–H and O–H groups in total. The summed E-state index contributed by atoms with van der Waals surface area (Å²) in [5.74, 6) is 0. The summed E-state index contributed by atoms with van der Waals surface area (Å²) in [6.07, 6.45) is 1.55. The summed E-state index contributed by atoms with van der Waals surface area (Å²) in [6, 6.07) is 13.2. The van der Waals surface area contributed by atoms with Gasteiger partial charge >= 0.3 is 0 Å². The monoisotopic (exact) mass is 328 g/mol. The van der Waals surface area contributed by atoms with Crippen LogP contribution in [0.2, 0.25) is 0 Å². The number of hydrogen-bond donors (Lipinski definition) is 0. The van der Waals surface area contributed by atoms with E-state index in [0.717, 1.165) is 5.56 Å². The van der Waals surface area contributed by atoms with Crippen molar-refractivity contribution in [2.24, 2.45) is 0 Å². The Kier molecular flexibility index (Phi) is 3.98. The van der Waals surface area contributed by atoms with Crippen molar-refractivity contribution in [1.82, 2.24) is 15.0 Å². The number of benzene rings is 2. The molecule has 0 saturated carbocycles. The van der Waals surface area contributed by atoms with Crippen molar-refractivity contribution in [3.8, 4) is 5.69 Å². The fourth-order valence-electron chi connectivity index (χ4n) is 1.97. The van der Waals surface area contributed by atoms with Crippen LogP contribution >= 0.6 is 0 Å². The first-order valence-corrected chi connectivity index (χ1v) is 7.85. The predicted octanol–water partition coefficient (Wildman–Crippen LogP) is 2.65. The van der Waals surface area contributed by atoms with E-state index < -0.39 is 15.7 Å². The highest BCUT2D eigenvalue weighted by Gasteiger charge is 2.13. The quantitative estimate of drug-likeness (QED) is 0.542. The van der Waals surface area contributed by atoms with E-state index in [1.54, 1.807) is 30.5 Å². The molecule has 23 heavy (non-hydrogen) atoms. The number of nitro benzene ring substituents is 1. The Balaban J connectivity index is 1.86. The van der Waals surface area contributed by atoms with Gasteiger partial charge in [-0.3, -0.25) is 10.1 Å². The van der Waals surface area contributed by atoms with Crippen LogP contribution < -0.4 is 0 Å². The molecule has 8 heteroatoms. The average Bonchev–Trinajstić information content (AvgIpc) is 3.05. The number of aromatic nitrogens is 3. The zero-order valence-corrected chi connectivity index (χ0v) is 12.9. The minimum Gasteiger partial charge on any atom is -0.258 e. The van der Waals surface area contributed by atoms with Gasteiger partial charge in [-0.25, -0.2) is 8.89 Å². The predicted molar refractivity (Wildman–Crippen MR) is 83.9 cm³/mol. The molecule has 1 aromatic heterocycles. The maximum Gasteiger partial charge on any atom is 0.269 e. The number of nitro groups is 1. The summed E-state index contributed by atoms with van der Waals surface area (Å²) in [5, 5.41) is 18.8. The SMILES string of the molecule is Cc1ccc(S(=O)c2cn(-c3ccc([N+](=O)[O-])cc3)nn2)cc1. The van der Waals surface area contributed by atoms with E-state index in [1.165, 1.54) is 16.8 Å². The summed E-state index contributed by atoms with van der Waals surface area (Å²) >= 11 is 0. The number of rotatable bonds is 4. The molecule has 0 spiro atoms. The number of non-ortho nitro benzene ring substituents is 1. The second kappa shape index (κ2) is 6.09. The molecular weight excluding hydrogens is 316 g/mol. The van der Waals surface area contributed by atoms with Gasteiger partial charge in [-0.1, -0.05) is 22.9 Å². The lowest BCUT2D eigenvalue weighted by molar-refractivity contribution is -0.384. The van der Waals surface area contributed by atoms with Crippen molar-refractivity contribution in [3.63, 3.8) is 0 Å². The molecule has 0 saturated heterocycles. The van der Waals surface area contributed by atoms with Gasteiger partial charge in [0, 0.05) is 17.0 Å². The van der Waals surface area contributed by atoms with Gasteiger partial charge in [-0.05, 0) is 31.2 Å². The second-order valence-corrected chi connectivity index (χ2v) is 6.28. The van der Waals surface area contributed by atoms with Crippen LogP contribution in [0.5, 0.6) is 0 Å². The Labute approximate surface area is 134 Å². The largest absolute Gasteiger partial charge is 0.269 e. The normalized spacial score (nSPS) is 12.0. The molecular formula is C15H12N4O3S. The first-order valence-electron chi connectivity index (χ1n) is 6.70. The third-order valence-electron chi connectivity index (χ3n) is 3.22. The van der Waals surface area contributed by atoms with Crippen molar-refractivity contribution < 1.29 is 9.13 Å². The maximum absolute atomic E-state index is 12.5. The molecule has 0 aliphatic heterocycles. The molecule has 1 atom stereocenters. The molecule has 116 valence electrons. The molecule has 7 nitrogen and oxygen atoms in total. The molecule has 1 heterocycles. The van der Waals surface area contributed by atoms with E-state index >= 15 is 0 Å². The fourth-order valence-corrected chi connectivity index (χ4v) is 2.90. The summed E-state index contributed by atoms with van der Waals surface area (Å²) < 4.78 is 13.9. The van der Waals surface area contributed by atoms with Gasteiger partial charge in [-0.2, -0.15) is 0 Å². The van der Waals surface area contributed by atoms with Crippen LogP contribution in [-0.2, 0) is 10.8 Å². The molecule has 0 aliphatic carbocycles. The second-order valence-electron chi connectivity index (χ2n) is 4.86. The van der Waals surface area contributed by atoms with Gasteiger partial charge in [0.1, 0.15) is 10.8 Å². The van der Waals surface area contributed by atoms with Gasteiger partial charge in [0.25, 0.3) is 5.69 Å². The molecule has 3 rings (SSSR count). The first kappa shape index (κ1) is 15.0. The number of aryl methyl sites for hydroxylation is 1. The molecule has 2 aromatic carbocycles. The lowest BCUT2D eigenvalue weighted by atomic mass is 10.2. The van der Waals surface area contributed by atoms with E-state index in [1.807, 2.05) is 19.1 Å². The van der Waals surface area contributed by atoms with E-state index in [4.69, 9.17) is 0 Å². The van der Waals surface area contributed by atoms with E-state index in [0.29, 0.717) is 15.6 Å². The van der Waals surface area contributed by atoms with Crippen LogP contribution in [-0.4, -0.2) is 24.1 Å². The zero-order chi connectivity index (χ0) is 16.4. The minimum atomic E-state index is -1.42. The number of hydrogen-bond acceptors (Lipinski definition) is 5. The van der Waals surface area contributed by atoms with Crippen LogP contribution in [0.3, 0.4) is 0 Å². The fraction of sp³-hybridized carbons (Fsp3) is 0.0667. The smallest absolute Gasteiger partial charge is 0.258 e. The lowest BCUT2D eigenvalue weighted by Crippen LogP contribution is -1.95. The van der Waals surface area contributed by atoms with E-state index in [9.17, 15) is 14.3 Å². The van der Waals surface area contributed by atoms with Crippen LogP contribution in [0.4, 0.5) is 5.69 Å². The number of nitrogens with zero attached hydrogens (tertiary/aromatic N) is 4. The van der Waals surface area contributed by atoms with Crippen LogP contribution in [0.15, 0.2) is 64.6 Å². The Hall–Kier alpha value is -2.87. The zero-order valence-electron chi connectivity index (χ0n) is 12.1. The lowest BCUT2D eigenvalue weighted by Gasteiger charge is -1.99.